The smallest absolute Gasteiger partial charge is 0.122 e. The minimum Gasteiger partial charge on any atom is -0.494 e. The van der Waals surface area contributed by atoms with Crippen molar-refractivity contribution in [3.05, 3.63) is 40.5 Å². The third kappa shape index (κ3) is 4.62. The van der Waals surface area contributed by atoms with E-state index in [2.05, 4.69) is 52.8 Å². The SMILES string of the molecule is CC/C=C\CC(CCC)c1c(C)cc(OCC)c(C)c1C. The highest BCUT2D eigenvalue weighted by Gasteiger charge is 2.18. The molecular weight excluding hydrogens is 256 g/mol. The summed E-state index contributed by atoms with van der Waals surface area (Å²) in [4.78, 5) is 0. The molecule has 0 N–H and O–H groups in total. The Bertz CT molecular complexity index is 471. The number of allylic oxidation sites excluding steroid dienone is 2. The molecule has 1 atom stereocenters. The molecule has 0 amide bonds. The van der Waals surface area contributed by atoms with Crippen LogP contribution in [0.15, 0.2) is 18.2 Å². The van der Waals surface area contributed by atoms with Crippen LogP contribution in [0, 0.1) is 20.8 Å². The number of ether oxygens (including phenoxy) is 1. The molecule has 1 unspecified atom stereocenters. The van der Waals surface area contributed by atoms with E-state index in [1.165, 1.54) is 29.5 Å². The van der Waals surface area contributed by atoms with Crippen LogP contribution in [0.2, 0.25) is 0 Å². The first-order chi connectivity index (χ1) is 10.1. The van der Waals surface area contributed by atoms with Crippen molar-refractivity contribution in [3.63, 3.8) is 0 Å². The van der Waals surface area contributed by atoms with Crippen LogP contribution in [0.4, 0.5) is 0 Å². The van der Waals surface area contributed by atoms with Crippen molar-refractivity contribution in [2.24, 2.45) is 0 Å². The molecule has 0 fully saturated rings. The molecule has 0 heterocycles. The molecule has 1 aromatic rings. The summed E-state index contributed by atoms with van der Waals surface area (Å²) in [5, 5.41) is 0. The van der Waals surface area contributed by atoms with Gasteiger partial charge in [-0.3, -0.25) is 0 Å². The number of hydrogen-bond donors (Lipinski definition) is 0. The van der Waals surface area contributed by atoms with Crippen molar-refractivity contribution in [3.8, 4) is 5.75 Å². The lowest BCUT2D eigenvalue weighted by atomic mass is 9.83. The van der Waals surface area contributed by atoms with Crippen LogP contribution in [0.1, 0.15) is 74.6 Å². The predicted octanol–water partition coefficient (Wildman–Crippen LogP) is 6.25. The summed E-state index contributed by atoms with van der Waals surface area (Å²) < 4.78 is 5.78. The maximum absolute atomic E-state index is 5.78. The standard InChI is InChI=1S/C20H32O/c1-7-10-11-13-18(12-8-2)20-15(4)14-19(21-9-3)16(5)17(20)6/h10-11,14,18H,7-9,12-13H2,1-6H3/b11-10-. The first-order valence-electron chi connectivity index (χ1n) is 8.45. The highest BCUT2D eigenvalue weighted by Crippen LogP contribution is 2.36. The molecule has 1 heteroatoms. The third-order valence-corrected chi connectivity index (χ3v) is 4.28. The molecule has 0 aliphatic carbocycles. The fraction of sp³-hybridized carbons (Fsp3) is 0.600. The Kier molecular flexibility index (Phi) is 7.56. The van der Waals surface area contributed by atoms with Crippen molar-refractivity contribution in [2.75, 3.05) is 6.61 Å². The number of benzene rings is 1. The van der Waals surface area contributed by atoms with Crippen molar-refractivity contribution in [1.29, 1.82) is 0 Å². The van der Waals surface area contributed by atoms with Crippen molar-refractivity contribution in [1.82, 2.24) is 0 Å². The number of hydrogen-bond acceptors (Lipinski definition) is 1. The molecule has 0 bridgehead atoms. The van der Waals surface area contributed by atoms with Crippen LogP contribution < -0.4 is 4.74 Å². The Morgan fingerprint density at radius 1 is 1.05 bits per heavy atom. The normalized spacial score (nSPS) is 12.9. The molecule has 0 saturated carbocycles. The topological polar surface area (TPSA) is 9.23 Å². The van der Waals surface area contributed by atoms with Crippen LogP contribution >= 0.6 is 0 Å². The van der Waals surface area contributed by atoms with E-state index in [1.54, 1.807) is 5.56 Å². The Hall–Kier alpha value is -1.24. The van der Waals surface area contributed by atoms with E-state index in [4.69, 9.17) is 4.74 Å². The van der Waals surface area contributed by atoms with Crippen LogP contribution in [0.5, 0.6) is 5.75 Å². The lowest BCUT2D eigenvalue weighted by molar-refractivity contribution is 0.337. The van der Waals surface area contributed by atoms with Crippen LogP contribution in [0.3, 0.4) is 0 Å². The quantitative estimate of drug-likeness (QED) is 0.514. The molecule has 0 aliphatic rings. The summed E-state index contributed by atoms with van der Waals surface area (Å²) in [7, 11) is 0. The molecule has 0 saturated heterocycles. The molecule has 0 aliphatic heterocycles. The highest BCUT2D eigenvalue weighted by atomic mass is 16.5. The molecule has 1 rings (SSSR count). The summed E-state index contributed by atoms with van der Waals surface area (Å²) in [5.74, 6) is 1.68. The zero-order chi connectivity index (χ0) is 15.8. The lowest BCUT2D eigenvalue weighted by Crippen LogP contribution is -2.07. The van der Waals surface area contributed by atoms with Crippen molar-refractivity contribution in [2.45, 2.75) is 73.1 Å². The Morgan fingerprint density at radius 3 is 2.33 bits per heavy atom. The van der Waals surface area contributed by atoms with Gasteiger partial charge in [-0.05, 0) is 81.2 Å². The van der Waals surface area contributed by atoms with Gasteiger partial charge in [-0.15, -0.1) is 0 Å². The molecule has 0 radical (unpaired) electrons. The van der Waals surface area contributed by atoms with Gasteiger partial charge in [0.15, 0.2) is 0 Å². The zero-order valence-corrected chi connectivity index (χ0v) is 14.8. The van der Waals surface area contributed by atoms with Crippen LogP contribution in [-0.2, 0) is 0 Å². The van der Waals surface area contributed by atoms with Gasteiger partial charge in [-0.1, -0.05) is 32.4 Å². The molecule has 1 nitrogen and oxygen atoms in total. The third-order valence-electron chi connectivity index (χ3n) is 4.28. The van der Waals surface area contributed by atoms with Gasteiger partial charge in [0.05, 0.1) is 6.61 Å². The van der Waals surface area contributed by atoms with Crippen molar-refractivity contribution < 1.29 is 4.74 Å². The largest absolute Gasteiger partial charge is 0.494 e. The average molecular weight is 288 g/mol. The van der Waals surface area contributed by atoms with E-state index in [1.807, 2.05) is 6.92 Å². The van der Waals surface area contributed by atoms with Crippen molar-refractivity contribution >= 4 is 0 Å². The van der Waals surface area contributed by atoms with E-state index in [0.717, 1.165) is 25.2 Å². The Labute approximate surface area is 131 Å². The first-order valence-corrected chi connectivity index (χ1v) is 8.45. The molecule has 21 heavy (non-hydrogen) atoms. The van der Waals surface area contributed by atoms with E-state index >= 15 is 0 Å². The average Bonchev–Trinajstić information content (AvgIpc) is 2.45. The van der Waals surface area contributed by atoms with E-state index in [9.17, 15) is 0 Å². The monoisotopic (exact) mass is 288 g/mol. The Morgan fingerprint density at radius 2 is 1.76 bits per heavy atom. The van der Waals surface area contributed by atoms with Gasteiger partial charge in [0.2, 0.25) is 0 Å². The fourth-order valence-electron chi connectivity index (χ4n) is 3.15. The van der Waals surface area contributed by atoms with Crippen LogP contribution in [-0.4, -0.2) is 6.61 Å². The van der Waals surface area contributed by atoms with E-state index in [0.29, 0.717) is 5.92 Å². The molecule has 0 aromatic heterocycles. The van der Waals surface area contributed by atoms with Gasteiger partial charge in [-0.25, -0.2) is 0 Å². The van der Waals surface area contributed by atoms with E-state index in [-0.39, 0.29) is 0 Å². The maximum Gasteiger partial charge on any atom is 0.122 e. The summed E-state index contributed by atoms with van der Waals surface area (Å²) in [6, 6.07) is 2.23. The molecular formula is C20H32O. The second-order valence-corrected chi connectivity index (χ2v) is 5.89. The molecule has 1 aromatic carbocycles. The van der Waals surface area contributed by atoms with E-state index < -0.39 is 0 Å². The second kappa shape index (κ2) is 8.92. The fourth-order valence-corrected chi connectivity index (χ4v) is 3.15. The van der Waals surface area contributed by atoms with Gasteiger partial charge in [0.25, 0.3) is 0 Å². The predicted molar refractivity (Wildman–Crippen MR) is 93.5 cm³/mol. The summed E-state index contributed by atoms with van der Waals surface area (Å²) in [6.45, 7) is 13.9. The number of rotatable bonds is 8. The highest BCUT2D eigenvalue weighted by molar-refractivity contribution is 5.49. The maximum atomic E-state index is 5.78. The summed E-state index contributed by atoms with van der Waals surface area (Å²) in [5.41, 5.74) is 5.64. The molecule has 0 spiro atoms. The van der Waals surface area contributed by atoms with Gasteiger partial charge in [0, 0.05) is 0 Å². The van der Waals surface area contributed by atoms with Gasteiger partial charge < -0.3 is 4.74 Å². The first kappa shape index (κ1) is 17.8. The Balaban J connectivity index is 3.18. The molecule has 118 valence electrons. The minimum absolute atomic E-state index is 0.632. The zero-order valence-electron chi connectivity index (χ0n) is 14.8. The minimum atomic E-state index is 0.632. The lowest BCUT2D eigenvalue weighted by Gasteiger charge is -2.23. The summed E-state index contributed by atoms with van der Waals surface area (Å²) >= 11 is 0. The number of aryl methyl sites for hydroxylation is 1. The van der Waals surface area contributed by atoms with Gasteiger partial charge in [-0.2, -0.15) is 0 Å². The second-order valence-electron chi connectivity index (χ2n) is 5.89. The summed E-state index contributed by atoms with van der Waals surface area (Å²) in [6.07, 6.45) is 9.40. The van der Waals surface area contributed by atoms with Gasteiger partial charge >= 0.3 is 0 Å². The van der Waals surface area contributed by atoms with Gasteiger partial charge in [0.1, 0.15) is 5.75 Å². The van der Waals surface area contributed by atoms with Crippen LogP contribution in [0.25, 0.3) is 0 Å².